The SMILES string of the molecule is Cc1cc2c(F)c(Oc3ncnc(Nc4ccc(CN5CCN(C)CC5)cn4)c3C(=O)N3CCC3)ccc2[nH]1. The molecule has 202 valence electrons. The maximum atomic E-state index is 15.3. The first-order valence-electron chi connectivity index (χ1n) is 13.2. The summed E-state index contributed by atoms with van der Waals surface area (Å²) in [5.41, 5.74) is 2.76. The number of likely N-dealkylation sites (N-methyl/N-ethyl adjacent to an activating group) is 1. The second-order valence-corrected chi connectivity index (χ2v) is 10.2. The number of anilines is 2. The summed E-state index contributed by atoms with van der Waals surface area (Å²) in [6.45, 7) is 8.13. The van der Waals surface area contributed by atoms with E-state index in [4.69, 9.17) is 4.74 Å². The van der Waals surface area contributed by atoms with E-state index in [1.807, 2.05) is 25.3 Å². The van der Waals surface area contributed by atoms with E-state index in [1.54, 1.807) is 17.0 Å². The summed E-state index contributed by atoms with van der Waals surface area (Å²) in [5.74, 6) is -0.0308. The van der Waals surface area contributed by atoms with Crippen molar-refractivity contribution >= 4 is 28.4 Å². The van der Waals surface area contributed by atoms with E-state index in [0.29, 0.717) is 29.8 Å². The van der Waals surface area contributed by atoms with E-state index in [9.17, 15) is 4.79 Å². The molecule has 2 aliphatic heterocycles. The van der Waals surface area contributed by atoms with Gasteiger partial charge in [-0.05, 0) is 50.2 Å². The minimum Gasteiger partial charge on any atom is -0.435 e. The van der Waals surface area contributed by atoms with Crippen molar-refractivity contribution in [3.05, 3.63) is 65.5 Å². The van der Waals surface area contributed by atoms with Gasteiger partial charge in [0.05, 0.1) is 0 Å². The lowest BCUT2D eigenvalue weighted by Crippen LogP contribution is -2.43. The van der Waals surface area contributed by atoms with Gasteiger partial charge in [-0.1, -0.05) is 6.07 Å². The molecule has 3 aromatic heterocycles. The van der Waals surface area contributed by atoms with Crippen LogP contribution >= 0.6 is 0 Å². The molecule has 1 amide bonds. The molecule has 0 saturated carbocycles. The number of carbonyl (C=O) groups excluding carboxylic acids is 1. The largest absolute Gasteiger partial charge is 0.435 e. The third kappa shape index (κ3) is 5.27. The Morgan fingerprint density at radius 3 is 2.62 bits per heavy atom. The summed E-state index contributed by atoms with van der Waals surface area (Å²) in [7, 11) is 2.14. The number of nitrogens with one attached hydrogen (secondary N) is 2. The number of nitrogens with zero attached hydrogens (tertiary/aromatic N) is 6. The number of likely N-dealkylation sites (tertiary alicyclic amines) is 1. The fourth-order valence-corrected chi connectivity index (χ4v) is 4.86. The molecular formula is C28H31FN8O2. The molecule has 2 saturated heterocycles. The lowest BCUT2D eigenvalue weighted by atomic mass is 10.1. The lowest BCUT2D eigenvalue weighted by Gasteiger charge is -2.32. The van der Waals surface area contributed by atoms with Crippen molar-refractivity contribution in [3.8, 4) is 11.6 Å². The number of ether oxygens (including phenoxy) is 1. The first kappa shape index (κ1) is 25.2. The molecule has 0 radical (unpaired) electrons. The van der Waals surface area contributed by atoms with Gasteiger partial charge in [0.25, 0.3) is 5.91 Å². The zero-order valence-corrected chi connectivity index (χ0v) is 22.1. The molecule has 0 unspecified atom stereocenters. The van der Waals surface area contributed by atoms with E-state index in [1.165, 1.54) is 12.4 Å². The van der Waals surface area contributed by atoms with Gasteiger partial charge in [-0.25, -0.2) is 19.3 Å². The molecular weight excluding hydrogens is 499 g/mol. The number of hydrogen-bond acceptors (Lipinski definition) is 8. The van der Waals surface area contributed by atoms with Crippen LogP contribution in [0.5, 0.6) is 11.6 Å². The number of carbonyl (C=O) groups is 1. The molecule has 2 N–H and O–H groups in total. The summed E-state index contributed by atoms with van der Waals surface area (Å²) in [4.78, 5) is 36.1. The fourth-order valence-electron chi connectivity index (χ4n) is 4.86. The van der Waals surface area contributed by atoms with Crippen molar-refractivity contribution in [2.45, 2.75) is 19.9 Å². The fraction of sp³-hybridized carbons (Fsp3) is 0.357. The average molecular weight is 531 g/mol. The number of aromatic nitrogens is 4. The maximum absolute atomic E-state index is 15.3. The molecule has 0 bridgehead atoms. The zero-order chi connectivity index (χ0) is 26.9. The van der Waals surface area contributed by atoms with Crippen molar-refractivity contribution < 1.29 is 13.9 Å². The van der Waals surface area contributed by atoms with E-state index in [-0.39, 0.29) is 28.9 Å². The first-order valence-corrected chi connectivity index (χ1v) is 13.2. The van der Waals surface area contributed by atoms with Crippen molar-refractivity contribution in [2.75, 3.05) is 51.6 Å². The highest BCUT2D eigenvalue weighted by atomic mass is 19.1. The van der Waals surface area contributed by atoms with Crippen LogP contribution < -0.4 is 10.1 Å². The molecule has 11 heteroatoms. The summed E-state index contributed by atoms with van der Waals surface area (Å²) in [6, 6.07) is 8.88. The number of pyridine rings is 1. The Morgan fingerprint density at radius 2 is 1.90 bits per heavy atom. The molecule has 1 aromatic carbocycles. The Labute approximate surface area is 225 Å². The zero-order valence-electron chi connectivity index (χ0n) is 22.1. The summed E-state index contributed by atoms with van der Waals surface area (Å²) in [5, 5.41) is 3.57. The Hall–Kier alpha value is -4.09. The minimum atomic E-state index is -0.523. The summed E-state index contributed by atoms with van der Waals surface area (Å²) < 4.78 is 21.2. The molecule has 4 aromatic rings. The minimum absolute atomic E-state index is 0.0124. The van der Waals surface area contributed by atoms with Crippen LogP contribution in [0.4, 0.5) is 16.0 Å². The lowest BCUT2D eigenvalue weighted by molar-refractivity contribution is 0.0649. The van der Waals surface area contributed by atoms with Gasteiger partial charge in [0, 0.05) is 68.6 Å². The van der Waals surface area contributed by atoms with Crippen LogP contribution in [0.2, 0.25) is 0 Å². The van der Waals surface area contributed by atoms with Crippen LogP contribution in [0, 0.1) is 12.7 Å². The predicted molar refractivity (Wildman–Crippen MR) is 146 cm³/mol. The van der Waals surface area contributed by atoms with Crippen LogP contribution in [0.1, 0.15) is 28.0 Å². The standard InChI is InChI=1S/C28H31FN8O2/c1-18-14-20-21(33-18)5-6-22(25(20)29)39-27-24(28(38)37-8-3-9-37)26(31-17-32-27)34-23-7-4-19(15-30-23)16-36-12-10-35(2)11-13-36/h4-7,14-15,17,33H,3,8-13,16H2,1-2H3,(H,30,31,32,34). The molecule has 0 aliphatic carbocycles. The molecule has 0 atom stereocenters. The van der Waals surface area contributed by atoms with Gasteiger partial charge in [0.2, 0.25) is 5.88 Å². The first-order chi connectivity index (χ1) is 18.9. The highest BCUT2D eigenvalue weighted by Gasteiger charge is 2.30. The number of H-pyrrole nitrogens is 1. The number of aryl methyl sites for hydroxylation is 1. The van der Waals surface area contributed by atoms with Gasteiger partial charge < -0.3 is 24.8 Å². The van der Waals surface area contributed by atoms with Crippen molar-refractivity contribution in [1.29, 1.82) is 0 Å². The number of benzene rings is 1. The molecule has 5 heterocycles. The van der Waals surface area contributed by atoms with Crippen LogP contribution in [0.25, 0.3) is 10.9 Å². The van der Waals surface area contributed by atoms with Gasteiger partial charge in [-0.3, -0.25) is 9.69 Å². The van der Waals surface area contributed by atoms with E-state index in [0.717, 1.165) is 50.4 Å². The van der Waals surface area contributed by atoms with Crippen LogP contribution in [-0.4, -0.2) is 86.9 Å². The maximum Gasteiger partial charge on any atom is 0.263 e. The normalized spacial score (nSPS) is 16.3. The monoisotopic (exact) mass is 530 g/mol. The van der Waals surface area contributed by atoms with Crippen LogP contribution in [0.3, 0.4) is 0 Å². The smallest absolute Gasteiger partial charge is 0.263 e. The third-order valence-corrected chi connectivity index (χ3v) is 7.29. The Bertz CT molecular complexity index is 1490. The molecule has 2 aliphatic rings. The molecule has 39 heavy (non-hydrogen) atoms. The second-order valence-electron chi connectivity index (χ2n) is 10.2. The van der Waals surface area contributed by atoms with Crippen LogP contribution in [0.15, 0.2) is 42.9 Å². The molecule has 10 nitrogen and oxygen atoms in total. The molecule has 2 fully saturated rings. The van der Waals surface area contributed by atoms with Crippen molar-refractivity contribution in [2.24, 2.45) is 0 Å². The Balaban J connectivity index is 1.26. The number of rotatable bonds is 7. The Kier molecular flexibility index (Phi) is 6.84. The van der Waals surface area contributed by atoms with Crippen molar-refractivity contribution in [1.82, 2.24) is 34.6 Å². The number of amides is 1. The number of hydrogen-bond donors (Lipinski definition) is 2. The third-order valence-electron chi connectivity index (χ3n) is 7.29. The summed E-state index contributed by atoms with van der Waals surface area (Å²) >= 11 is 0. The van der Waals surface area contributed by atoms with E-state index < -0.39 is 5.82 Å². The van der Waals surface area contributed by atoms with Gasteiger partial charge in [0.15, 0.2) is 17.4 Å². The number of halogens is 1. The predicted octanol–water partition coefficient (Wildman–Crippen LogP) is 3.93. The number of aromatic amines is 1. The van der Waals surface area contributed by atoms with Crippen LogP contribution in [-0.2, 0) is 6.54 Å². The summed E-state index contributed by atoms with van der Waals surface area (Å²) in [6.07, 6.45) is 4.05. The highest BCUT2D eigenvalue weighted by molar-refractivity contribution is 6.02. The van der Waals surface area contributed by atoms with E-state index >= 15 is 4.39 Å². The molecule has 0 spiro atoms. The van der Waals surface area contributed by atoms with Gasteiger partial charge in [-0.2, -0.15) is 0 Å². The molecule has 6 rings (SSSR count). The topological polar surface area (TPSA) is 103 Å². The van der Waals surface area contributed by atoms with E-state index in [2.05, 4.69) is 42.1 Å². The van der Waals surface area contributed by atoms with Gasteiger partial charge in [-0.15, -0.1) is 0 Å². The van der Waals surface area contributed by atoms with Gasteiger partial charge >= 0.3 is 0 Å². The number of fused-ring (bicyclic) bond motifs is 1. The van der Waals surface area contributed by atoms with Gasteiger partial charge in [0.1, 0.15) is 17.7 Å². The van der Waals surface area contributed by atoms with Crippen molar-refractivity contribution in [3.63, 3.8) is 0 Å². The average Bonchev–Trinajstić information content (AvgIpc) is 3.28. The second kappa shape index (κ2) is 10.6. The highest BCUT2D eigenvalue weighted by Crippen LogP contribution is 2.34. The Morgan fingerprint density at radius 1 is 1.08 bits per heavy atom. The number of piperazine rings is 1. The quantitative estimate of drug-likeness (QED) is 0.371.